The molecule has 0 saturated carbocycles. The third kappa shape index (κ3) is 6.19. The number of sulfonamides is 1. The van der Waals surface area contributed by atoms with Gasteiger partial charge in [-0.15, -0.1) is 0 Å². The molecular weight excluding hydrogens is 366 g/mol. The molecule has 144 valence electrons. The highest BCUT2D eigenvalue weighted by Crippen LogP contribution is 2.18. The summed E-state index contributed by atoms with van der Waals surface area (Å²) >= 11 is 0. The van der Waals surface area contributed by atoms with E-state index >= 15 is 0 Å². The molecule has 0 spiro atoms. The normalized spacial score (nSPS) is 11.1. The molecule has 0 heterocycles. The molecule has 0 aliphatic carbocycles. The second-order valence-electron chi connectivity index (χ2n) is 6.26. The Balaban J connectivity index is 1.79. The first kappa shape index (κ1) is 20.6. The monoisotopic (exact) mass is 389 g/mol. The van der Waals surface area contributed by atoms with Crippen LogP contribution in [0.15, 0.2) is 47.4 Å². The van der Waals surface area contributed by atoms with Crippen LogP contribution < -0.4 is 15.8 Å². The van der Waals surface area contributed by atoms with Gasteiger partial charge in [-0.25, -0.2) is 13.6 Å². The Labute approximate surface area is 159 Å². The van der Waals surface area contributed by atoms with Crippen LogP contribution in [0.2, 0.25) is 0 Å². The van der Waals surface area contributed by atoms with Gasteiger partial charge >= 0.3 is 0 Å². The molecule has 2 amide bonds. The maximum atomic E-state index is 12.0. The van der Waals surface area contributed by atoms with E-state index in [2.05, 4.69) is 10.6 Å². The predicted octanol–water partition coefficient (Wildman–Crippen LogP) is 1.64. The molecule has 0 fully saturated rings. The van der Waals surface area contributed by atoms with Gasteiger partial charge in [-0.1, -0.05) is 24.3 Å². The van der Waals surface area contributed by atoms with E-state index in [-0.39, 0.29) is 23.1 Å². The predicted molar refractivity (Wildman–Crippen MR) is 104 cm³/mol. The Morgan fingerprint density at radius 3 is 2.30 bits per heavy atom. The lowest BCUT2D eigenvalue weighted by atomic mass is 10.1. The van der Waals surface area contributed by atoms with E-state index in [1.165, 1.54) is 12.1 Å². The molecule has 8 heteroatoms. The lowest BCUT2D eigenvalue weighted by Gasteiger charge is -2.10. The average Bonchev–Trinajstić information content (AvgIpc) is 2.58. The molecule has 0 unspecified atom stereocenters. The molecule has 27 heavy (non-hydrogen) atoms. The van der Waals surface area contributed by atoms with Gasteiger partial charge in [0.15, 0.2) is 0 Å². The van der Waals surface area contributed by atoms with Crippen LogP contribution in [0.3, 0.4) is 0 Å². The largest absolute Gasteiger partial charge is 0.355 e. The van der Waals surface area contributed by atoms with Gasteiger partial charge in [0.25, 0.3) is 0 Å². The summed E-state index contributed by atoms with van der Waals surface area (Å²) < 4.78 is 22.4. The van der Waals surface area contributed by atoms with Crippen LogP contribution >= 0.6 is 0 Å². The molecule has 0 saturated heterocycles. The van der Waals surface area contributed by atoms with Crippen molar-refractivity contribution in [1.29, 1.82) is 0 Å². The minimum atomic E-state index is -3.71. The number of hydrogen-bond donors (Lipinski definition) is 3. The zero-order chi connectivity index (χ0) is 20.0. The summed E-state index contributed by atoms with van der Waals surface area (Å²) in [6, 6.07) is 11.7. The number of rotatable bonds is 7. The van der Waals surface area contributed by atoms with Crippen molar-refractivity contribution in [2.24, 2.45) is 5.14 Å². The van der Waals surface area contributed by atoms with Gasteiger partial charge < -0.3 is 10.6 Å². The number of primary sulfonamides is 1. The summed E-state index contributed by atoms with van der Waals surface area (Å²) in [6.45, 7) is 4.20. The third-order valence-electron chi connectivity index (χ3n) is 4.19. The molecule has 0 aromatic heterocycles. The van der Waals surface area contributed by atoms with Crippen LogP contribution in [0.1, 0.15) is 23.1 Å². The Kier molecular flexibility index (Phi) is 6.70. The van der Waals surface area contributed by atoms with Crippen LogP contribution in [-0.2, 0) is 26.0 Å². The number of carbonyl (C=O) groups is 2. The molecule has 2 aromatic carbocycles. The van der Waals surface area contributed by atoms with E-state index in [4.69, 9.17) is 5.14 Å². The molecule has 7 nitrogen and oxygen atoms in total. The maximum absolute atomic E-state index is 12.0. The molecule has 0 atom stereocenters. The van der Waals surface area contributed by atoms with E-state index in [1.807, 2.05) is 26.0 Å². The first-order valence-electron chi connectivity index (χ1n) is 8.41. The number of amides is 2. The highest BCUT2D eigenvalue weighted by Gasteiger charge is 2.11. The van der Waals surface area contributed by atoms with Gasteiger partial charge in [0.05, 0.1) is 4.90 Å². The van der Waals surface area contributed by atoms with E-state index in [0.29, 0.717) is 18.7 Å². The van der Waals surface area contributed by atoms with E-state index < -0.39 is 10.0 Å². The zero-order valence-corrected chi connectivity index (χ0v) is 16.1. The number of hydrogen-bond acceptors (Lipinski definition) is 4. The average molecular weight is 389 g/mol. The number of aryl methyl sites for hydroxylation is 1. The molecule has 2 rings (SSSR count). The topological polar surface area (TPSA) is 118 Å². The number of nitrogens with two attached hydrogens (primary N) is 1. The van der Waals surface area contributed by atoms with Crippen molar-refractivity contribution in [3.05, 3.63) is 59.2 Å². The number of benzene rings is 2. The number of nitrogens with one attached hydrogen (secondary N) is 2. The molecule has 0 aliphatic heterocycles. The second-order valence-corrected chi connectivity index (χ2v) is 7.82. The smallest absolute Gasteiger partial charge is 0.238 e. The Morgan fingerprint density at radius 1 is 1.00 bits per heavy atom. The lowest BCUT2D eigenvalue weighted by molar-refractivity contribution is -0.126. The van der Waals surface area contributed by atoms with Crippen LogP contribution in [0.5, 0.6) is 0 Å². The second kappa shape index (κ2) is 8.79. The van der Waals surface area contributed by atoms with Crippen LogP contribution in [0.4, 0.5) is 5.69 Å². The quantitative estimate of drug-likeness (QED) is 0.624. The summed E-state index contributed by atoms with van der Waals surface area (Å²) in [5.74, 6) is -0.752. The fourth-order valence-corrected chi connectivity index (χ4v) is 3.00. The van der Waals surface area contributed by atoms with Gasteiger partial charge in [0.1, 0.15) is 6.42 Å². The van der Waals surface area contributed by atoms with E-state index in [9.17, 15) is 18.0 Å². The highest BCUT2D eigenvalue weighted by atomic mass is 32.2. The molecule has 4 N–H and O–H groups in total. The zero-order valence-electron chi connectivity index (χ0n) is 15.3. The van der Waals surface area contributed by atoms with Crippen molar-refractivity contribution < 1.29 is 18.0 Å². The van der Waals surface area contributed by atoms with Crippen LogP contribution in [0, 0.1) is 13.8 Å². The van der Waals surface area contributed by atoms with Crippen molar-refractivity contribution in [2.75, 3.05) is 11.9 Å². The third-order valence-corrected chi connectivity index (χ3v) is 5.12. The summed E-state index contributed by atoms with van der Waals surface area (Å²) in [5, 5.41) is 10.5. The fraction of sp³-hybridized carbons (Fsp3) is 0.263. The molecule has 0 bridgehead atoms. The summed E-state index contributed by atoms with van der Waals surface area (Å²) in [5.41, 5.74) is 3.57. The molecule has 0 aliphatic rings. The highest BCUT2D eigenvalue weighted by molar-refractivity contribution is 7.89. The van der Waals surface area contributed by atoms with Crippen molar-refractivity contribution in [2.45, 2.75) is 31.6 Å². The Morgan fingerprint density at radius 2 is 1.67 bits per heavy atom. The first-order chi connectivity index (χ1) is 12.7. The summed E-state index contributed by atoms with van der Waals surface area (Å²) in [4.78, 5) is 24.0. The SMILES string of the molecule is Cc1cccc(NC(=O)CC(=O)NCCc2ccc(S(N)(=O)=O)cc2)c1C. The van der Waals surface area contributed by atoms with Gasteiger partial charge in [-0.05, 0) is 55.2 Å². The molecule has 0 radical (unpaired) electrons. The van der Waals surface area contributed by atoms with Gasteiger partial charge in [0.2, 0.25) is 21.8 Å². The molecule has 2 aromatic rings. The minimum absolute atomic E-state index is 0.0402. The van der Waals surface area contributed by atoms with Crippen LogP contribution in [0.25, 0.3) is 0 Å². The summed E-state index contributed by atoms with van der Waals surface area (Å²) in [6.07, 6.45) is 0.243. The fourth-order valence-electron chi connectivity index (χ4n) is 2.48. The Bertz CT molecular complexity index is 938. The van der Waals surface area contributed by atoms with Gasteiger partial charge in [-0.2, -0.15) is 0 Å². The minimum Gasteiger partial charge on any atom is -0.355 e. The standard InChI is InChI=1S/C19H23N3O4S/c1-13-4-3-5-17(14(13)2)22-19(24)12-18(23)21-11-10-15-6-8-16(9-7-15)27(20,25)26/h3-9H,10-12H2,1-2H3,(H,21,23)(H,22,24)(H2,20,25,26). The summed E-state index contributed by atoms with van der Waals surface area (Å²) in [7, 11) is -3.71. The lowest BCUT2D eigenvalue weighted by Crippen LogP contribution is -2.29. The number of anilines is 1. The van der Waals surface area contributed by atoms with Crippen molar-refractivity contribution >= 4 is 27.5 Å². The number of carbonyl (C=O) groups excluding carboxylic acids is 2. The van der Waals surface area contributed by atoms with E-state index in [0.717, 1.165) is 16.7 Å². The molecular formula is C19H23N3O4S. The van der Waals surface area contributed by atoms with Gasteiger partial charge in [0, 0.05) is 12.2 Å². The van der Waals surface area contributed by atoms with Gasteiger partial charge in [-0.3, -0.25) is 9.59 Å². The van der Waals surface area contributed by atoms with Crippen molar-refractivity contribution in [3.63, 3.8) is 0 Å². The van der Waals surface area contributed by atoms with Crippen molar-refractivity contribution in [3.8, 4) is 0 Å². The van der Waals surface area contributed by atoms with Crippen LogP contribution in [-0.4, -0.2) is 26.8 Å². The first-order valence-corrected chi connectivity index (χ1v) is 9.96. The van der Waals surface area contributed by atoms with E-state index in [1.54, 1.807) is 18.2 Å². The van der Waals surface area contributed by atoms with Crippen molar-refractivity contribution in [1.82, 2.24) is 5.32 Å². The Hall–Kier alpha value is -2.71. The maximum Gasteiger partial charge on any atom is 0.238 e.